The maximum atomic E-state index is 9.60. The maximum Gasteiger partial charge on any atom is 0.174 e. The lowest BCUT2D eigenvalue weighted by atomic mass is 10.2. The van der Waals surface area contributed by atoms with Gasteiger partial charge in [-0.3, -0.25) is 0 Å². The average molecular weight is 85.8 g/mol. The van der Waals surface area contributed by atoms with E-state index in [0.29, 0.717) is 0 Å². The molecule has 0 aliphatic rings. The molecule has 0 rings (SSSR count). The standard InChI is InChI=1S/C2H4BOP/c1-5-2(3)4/h5H,1H3. The molecule has 0 aromatic rings. The van der Waals surface area contributed by atoms with Crippen molar-refractivity contribution >= 4 is 21.9 Å². The zero-order valence-corrected chi connectivity index (χ0v) is 3.99. The maximum absolute atomic E-state index is 9.60. The molecule has 0 fully saturated rings. The van der Waals surface area contributed by atoms with Crippen molar-refractivity contribution in [1.29, 1.82) is 0 Å². The Bertz CT molecular complexity index is 44.9. The second kappa shape index (κ2) is 2.41. The van der Waals surface area contributed by atoms with Crippen LogP contribution in [0, 0.1) is 0 Å². The summed E-state index contributed by atoms with van der Waals surface area (Å²) in [6.07, 6.45) is 0. The Labute approximate surface area is 34.3 Å². The van der Waals surface area contributed by atoms with E-state index in [1.165, 1.54) is 0 Å². The number of rotatable bonds is 1. The largest absolute Gasteiger partial charge is 0.308 e. The molecule has 1 nitrogen and oxygen atoms in total. The van der Waals surface area contributed by atoms with Crippen molar-refractivity contribution in [3.63, 3.8) is 0 Å². The average Bonchev–Trinajstić information content (AvgIpc) is 1.38. The van der Waals surface area contributed by atoms with Crippen molar-refractivity contribution in [1.82, 2.24) is 0 Å². The molecular weight excluding hydrogens is 81.8 g/mol. The summed E-state index contributed by atoms with van der Waals surface area (Å²) in [6.45, 7) is 1.75. The van der Waals surface area contributed by atoms with Gasteiger partial charge in [0.25, 0.3) is 0 Å². The zero-order chi connectivity index (χ0) is 4.28. The van der Waals surface area contributed by atoms with Crippen LogP contribution in [0.1, 0.15) is 0 Å². The minimum Gasteiger partial charge on any atom is -0.308 e. The third kappa shape index (κ3) is 4.16. The summed E-state index contributed by atoms with van der Waals surface area (Å²) in [4.78, 5) is 9.60. The molecule has 0 N–H and O–H groups in total. The van der Waals surface area contributed by atoms with E-state index in [1.54, 1.807) is 6.66 Å². The summed E-state index contributed by atoms with van der Waals surface area (Å²) in [5.41, 5.74) is -0.218. The van der Waals surface area contributed by atoms with Gasteiger partial charge in [-0.1, -0.05) is 8.58 Å². The van der Waals surface area contributed by atoms with Crippen LogP contribution in [0.2, 0.25) is 0 Å². The Morgan fingerprint density at radius 2 is 2.20 bits per heavy atom. The lowest BCUT2D eigenvalue weighted by molar-refractivity contribution is 0.275. The van der Waals surface area contributed by atoms with Gasteiger partial charge in [-0.2, -0.15) is 0 Å². The van der Waals surface area contributed by atoms with Crippen LogP contribution < -0.4 is 0 Å². The molecule has 3 heteroatoms. The quantitative estimate of drug-likeness (QED) is 0.337. The van der Waals surface area contributed by atoms with Crippen LogP contribution in [0.15, 0.2) is 0 Å². The van der Waals surface area contributed by atoms with E-state index in [2.05, 4.69) is 7.85 Å². The van der Waals surface area contributed by atoms with Gasteiger partial charge in [0.1, 0.15) is 0 Å². The predicted molar refractivity (Wildman–Crippen MR) is 25.4 cm³/mol. The fourth-order valence-corrected chi connectivity index (χ4v) is 0. The van der Waals surface area contributed by atoms with Gasteiger partial charge in [0.2, 0.25) is 0 Å². The highest BCUT2D eigenvalue weighted by Crippen LogP contribution is 1.98. The van der Waals surface area contributed by atoms with Crippen LogP contribution in [0.25, 0.3) is 0 Å². The monoisotopic (exact) mass is 86.0 g/mol. The van der Waals surface area contributed by atoms with Gasteiger partial charge < -0.3 is 4.79 Å². The summed E-state index contributed by atoms with van der Waals surface area (Å²) in [5, 5.41) is 0. The molecule has 1 atom stereocenters. The molecule has 1 unspecified atom stereocenters. The Morgan fingerprint density at radius 3 is 2.20 bits per heavy atom. The summed E-state index contributed by atoms with van der Waals surface area (Å²) in [7, 11) is 4.92. The molecular formula is C2H4BOP. The highest BCUT2D eigenvalue weighted by Gasteiger charge is 1.76. The molecule has 2 radical (unpaired) electrons. The third-order valence-electron chi connectivity index (χ3n) is 0.246. The van der Waals surface area contributed by atoms with Crippen LogP contribution in [-0.2, 0) is 0 Å². The molecule has 0 amide bonds. The Balaban J connectivity index is 2.85. The van der Waals surface area contributed by atoms with Crippen LogP contribution in [0.5, 0.6) is 0 Å². The van der Waals surface area contributed by atoms with Crippen molar-refractivity contribution < 1.29 is 4.79 Å². The lowest BCUT2D eigenvalue weighted by Crippen LogP contribution is -1.75. The van der Waals surface area contributed by atoms with Gasteiger partial charge >= 0.3 is 0 Å². The Morgan fingerprint density at radius 1 is 2.00 bits per heavy atom. The van der Waals surface area contributed by atoms with Crippen LogP contribution in [0.3, 0.4) is 0 Å². The van der Waals surface area contributed by atoms with Crippen LogP contribution in [-0.4, -0.2) is 19.9 Å². The van der Waals surface area contributed by atoms with Crippen molar-refractivity contribution in [3.8, 4) is 0 Å². The number of carbonyl (C=O) groups is 1. The number of hydrogen-bond acceptors (Lipinski definition) is 1. The summed E-state index contributed by atoms with van der Waals surface area (Å²) < 4.78 is 0. The first-order valence-electron chi connectivity index (χ1n) is 1.24. The van der Waals surface area contributed by atoms with E-state index in [4.69, 9.17) is 0 Å². The lowest BCUT2D eigenvalue weighted by Gasteiger charge is -1.72. The number of carbonyl (C=O) groups excluding carboxylic acids is 1. The van der Waals surface area contributed by atoms with E-state index in [1.807, 2.05) is 0 Å². The van der Waals surface area contributed by atoms with Crippen LogP contribution >= 0.6 is 8.58 Å². The minimum atomic E-state index is -0.218. The molecule has 0 aliphatic heterocycles. The molecule has 26 valence electrons. The molecule has 0 saturated carbocycles. The second-order valence-corrected chi connectivity index (χ2v) is 1.61. The molecule has 0 spiro atoms. The first-order valence-corrected chi connectivity index (χ1v) is 2.74. The van der Waals surface area contributed by atoms with Gasteiger partial charge in [0, 0.05) is 0 Å². The molecule has 5 heavy (non-hydrogen) atoms. The fourth-order valence-electron chi connectivity index (χ4n) is 0. The summed E-state index contributed by atoms with van der Waals surface area (Å²) >= 11 is 0. The molecule has 0 aliphatic carbocycles. The van der Waals surface area contributed by atoms with Gasteiger partial charge in [0.15, 0.2) is 7.85 Å². The highest BCUT2D eigenvalue weighted by atomic mass is 31.1. The normalized spacial score (nSPS) is 9.80. The summed E-state index contributed by atoms with van der Waals surface area (Å²) in [6, 6.07) is 0. The van der Waals surface area contributed by atoms with Crippen LogP contribution in [0.4, 0.5) is 4.79 Å². The minimum absolute atomic E-state index is 0.218. The zero-order valence-electron chi connectivity index (χ0n) is 2.99. The SMILES string of the molecule is [B]C(=O)PC. The Kier molecular flexibility index (Phi) is 2.48. The summed E-state index contributed by atoms with van der Waals surface area (Å²) in [5.74, 6) is 0. The molecule has 0 saturated heterocycles. The van der Waals surface area contributed by atoms with Crippen molar-refractivity contribution in [3.05, 3.63) is 0 Å². The van der Waals surface area contributed by atoms with Crippen molar-refractivity contribution in [2.24, 2.45) is 0 Å². The smallest absolute Gasteiger partial charge is 0.174 e. The second-order valence-electron chi connectivity index (χ2n) is 0.614. The van der Waals surface area contributed by atoms with E-state index >= 15 is 0 Å². The van der Waals surface area contributed by atoms with E-state index in [-0.39, 0.29) is 14.0 Å². The van der Waals surface area contributed by atoms with Crippen molar-refractivity contribution in [2.45, 2.75) is 0 Å². The first-order chi connectivity index (χ1) is 2.27. The predicted octanol–water partition coefficient (Wildman–Crippen LogP) is 0.583. The topological polar surface area (TPSA) is 17.1 Å². The fraction of sp³-hybridized carbons (Fsp3) is 0.500. The number of hydrogen-bond donors (Lipinski definition) is 0. The van der Waals surface area contributed by atoms with Gasteiger partial charge in [-0.15, -0.1) is 0 Å². The highest BCUT2D eigenvalue weighted by molar-refractivity contribution is 7.62. The molecule has 0 aromatic heterocycles. The molecule has 0 heterocycles. The third-order valence-corrected chi connectivity index (χ3v) is 0.739. The van der Waals surface area contributed by atoms with E-state index in [0.717, 1.165) is 0 Å². The Hall–Kier alpha value is 0.165. The van der Waals surface area contributed by atoms with E-state index < -0.39 is 0 Å². The van der Waals surface area contributed by atoms with Crippen molar-refractivity contribution in [2.75, 3.05) is 6.66 Å². The first kappa shape index (κ1) is 5.16. The van der Waals surface area contributed by atoms with E-state index in [9.17, 15) is 4.79 Å². The molecule has 0 aromatic carbocycles. The van der Waals surface area contributed by atoms with Gasteiger partial charge in [-0.25, -0.2) is 0 Å². The van der Waals surface area contributed by atoms with Gasteiger partial charge in [-0.05, 0) is 6.66 Å². The van der Waals surface area contributed by atoms with Gasteiger partial charge in [0.05, 0.1) is 5.42 Å². The molecule has 0 bridgehead atoms.